The standard InChI is InChI=1S/C51H51N3O8/c1-33(2)48(56)59-30-50(6,32-61-51(7,58-8)34(3)4)31-60-49(57)35(5)62-42-27-28-43(44(55)29-42)47-53-45(40-23-19-38(20-24-40)36-15-11-9-12-16-36)52-46(54-47)41-25-21-39(22-26-41)37-17-13-10-14-18-37/h9-29,35,55H,1,3,30-32H2,2,4-8H3. The van der Waals surface area contributed by atoms with Crippen molar-refractivity contribution >= 4 is 11.9 Å². The van der Waals surface area contributed by atoms with Crippen molar-refractivity contribution in [3.05, 3.63) is 152 Å². The highest BCUT2D eigenvalue weighted by Gasteiger charge is 2.35. The largest absolute Gasteiger partial charge is 0.507 e. The Morgan fingerprint density at radius 3 is 1.58 bits per heavy atom. The molecule has 5 aromatic carbocycles. The molecule has 1 N–H and O–H groups in total. The van der Waals surface area contributed by atoms with Gasteiger partial charge in [-0.15, -0.1) is 0 Å². The lowest BCUT2D eigenvalue weighted by atomic mass is 9.93. The van der Waals surface area contributed by atoms with Crippen molar-refractivity contribution in [2.75, 3.05) is 26.9 Å². The number of hydrogen-bond donors (Lipinski definition) is 1. The Balaban J connectivity index is 1.22. The molecule has 0 bridgehead atoms. The van der Waals surface area contributed by atoms with Gasteiger partial charge in [0, 0.05) is 29.9 Å². The number of rotatable bonds is 18. The molecule has 1 heterocycles. The lowest BCUT2D eigenvalue weighted by Crippen LogP contribution is -2.42. The van der Waals surface area contributed by atoms with Crippen LogP contribution in [0.15, 0.2) is 152 Å². The van der Waals surface area contributed by atoms with Crippen LogP contribution in [0.4, 0.5) is 0 Å². The number of carbonyl (C=O) groups is 2. The van der Waals surface area contributed by atoms with Gasteiger partial charge in [-0.2, -0.15) is 0 Å². The monoisotopic (exact) mass is 833 g/mol. The molecule has 0 saturated heterocycles. The molecule has 0 aliphatic heterocycles. The van der Waals surface area contributed by atoms with Gasteiger partial charge in [-0.3, -0.25) is 0 Å². The van der Waals surface area contributed by atoms with Crippen molar-refractivity contribution in [1.82, 2.24) is 15.0 Å². The van der Waals surface area contributed by atoms with E-state index in [-0.39, 0.29) is 42.7 Å². The topological polar surface area (TPSA) is 139 Å². The molecule has 0 aliphatic carbocycles. The number of aromatic nitrogens is 3. The van der Waals surface area contributed by atoms with E-state index < -0.39 is 29.2 Å². The number of methoxy groups -OCH3 is 1. The second kappa shape index (κ2) is 19.6. The third kappa shape index (κ3) is 11.0. The molecule has 0 saturated carbocycles. The maximum absolute atomic E-state index is 13.3. The van der Waals surface area contributed by atoms with Gasteiger partial charge >= 0.3 is 11.9 Å². The number of benzene rings is 5. The first-order chi connectivity index (χ1) is 29.7. The number of phenols is 1. The van der Waals surface area contributed by atoms with Crippen LogP contribution in [0, 0.1) is 5.41 Å². The molecule has 6 aromatic rings. The average Bonchev–Trinajstić information content (AvgIpc) is 3.29. The maximum Gasteiger partial charge on any atom is 0.347 e. The van der Waals surface area contributed by atoms with E-state index in [1.807, 2.05) is 84.9 Å². The van der Waals surface area contributed by atoms with Crippen LogP contribution in [-0.2, 0) is 28.5 Å². The van der Waals surface area contributed by atoms with E-state index in [2.05, 4.69) is 37.4 Å². The van der Waals surface area contributed by atoms with Crippen LogP contribution in [0.5, 0.6) is 11.5 Å². The summed E-state index contributed by atoms with van der Waals surface area (Å²) in [5.41, 5.74) is 6.00. The smallest absolute Gasteiger partial charge is 0.347 e. The average molecular weight is 834 g/mol. The first-order valence-corrected chi connectivity index (χ1v) is 20.1. The van der Waals surface area contributed by atoms with Gasteiger partial charge in [0.2, 0.25) is 0 Å². The van der Waals surface area contributed by atoms with Crippen LogP contribution in [0.25, 0.3) is 56.4 Å². The van der Waals surface area contributed by atoms with Crippen molar-refractivity contribution in [3.63, 3.8) is 0 Å². The number of aromatic hydroxyl groups is 1. The van der Waals surface area contributed by atoms with Crippen LogP contribution in [0.1, 0.15) is 34.6 Å². The zero-order valence-corrected chi connectivity index (χ0v) is 35.9. The van der Waals surface area contributed by atoms with Gasteiger partial charge in [0.05, 0.1) is 17.6 Å². The summed E-state index contributed by atoms with van der Waals surface area (Å²) in [5, 5.41) is 11.4. The van der Waals surface area contributed by atoms with E-state index in [4.69, 9.17) is 38.6 Å². The van der Waals surface area contributed by atoms with E-state index >= 15 is 0 Å². The Hall–Kier alpha value is -6.95. The zero-order valence-electron chi connectivity index (χ0n) is 35.9. The van der Waals surface area contributed by atoms with Gasteiger partial charge < -0.3 is 28.8 Å². The SMILES string of the molecule is C=C(C)C(=O)OCC(C)(COC(=O)C(C)Oc1ccc(-c2nc(-c3ccc(-c4ccccc4)cc3)nc(-c3ccc(-c4ccccc4)cc3)n2)c(O)c1)COC(C)(OC)C(=C)C. The van der Waals surface area contributed by atoms with Gasteiger partial charge in [0.25, 0.3) is 0 Å². The van der Waals surface area contributed by atoms with Crippen LogP contribution < -0.4 is 4.74 Å². The Kier molecular flexibility index (Phi) is 14.1. The molecular weight excluding hydrogens is 783 g/mol. The predicted molar refractivity (Wildman–Crippen MR) is 240 cm³/mol. The minimum atomic E-state index is -1.12. The van der Waals surface area contributed by atoms with Gasteiger partial charge in [0.1, 0.15) is 24.7 Å². The third-order valence-corrected chi connectivity index (χ3v) is 10.3. The molecule has 0 spiro atoms. The summed E-state index contributed by atoms with van der Waals surface area (Å²) in [7, 11) is 1.49. The molecule has 3 atom stereocenters. The van der Waals surface area contributed by atoms with Crippen molar-refractivity contribution in [1.29, 1.82) is 0 Å². The molecule has 318 valence electrons. The Bertz CT molecular complexity index is 2430. The molecular formula is C51H51N3O8. The number of esters is 2. The second-order valence-corrected chi connectivity index (χ2v) is 15.6. The molecule has 11 nitrogen and oxygen atoms in total. The summed E-state index contributed by atoms with van der Waals surface area (Å²) in [4.78, 5) is 40.1. The molecule has 0 amide bonds. The van der Waals surface area contributed by atoms with Crippen LogP contribution in [-0.4, -0.2) is 70.8 Å². The molecule has 3 unspecified atom stereocenters. The van der Waals surface area contributed by atoms with E-state index in [9.17, 15) is 14.7 Å². The number of ether oxygens (including phenoxy) is 5. The summed E-state index contributed by atoms with van der Waals surface area (Å²) < 4.78 is 28.6. The minimum absolute atomic E-state index is 0.00990. The lowest BCUT2D eigenvalue weighted by molar-refractivity contribution is -0.208. The van der Waals surface area contributed by atoms with Crippen LogP contribution >= 0.6 is 0 Å². The molecule has 1 aromatic heterocycles. The van der Waals surface area contributed by atoms with Gasteiger partial charge in [-0.1, -0.05) is 129 Å². The Labute approximate surface area is 362 Å². The fourth-order valence-corrected chi connectivity index (χ4v) is 6.18. The first kappa shape index (κ1) is 44.6. The molecule has 62 heavy (non-hydrogen) atoms. The summed E-state index contributed by atoms with van der Waals surface area (Å²) in [6.07, 6.45) is -1.09. The summed E-state index contributed by atoms with van der Waals surface area (Å²) in [5.74, 6) is -1.28. The number of hydrogen-bond acceptors (Lipinski definition) is 11. The fourth-order valence-electron chi connectivity index (χ4n) is 6.18. The van der Waals surface area contributed by atoms with Crippen LogP contribution in [0.2, 0.25) is 0 Å². The first-order valence-electron chi connectivity index (χ1n) is 20.1. The van der Waals surface area contributed by atoms with E-state index in [0.717, 1.165) is 33.4 Å². The van der Waals surface area contributed by atoms with Gasteiger partial charge in [0.15, 0.2) is 29.4 Å². The molecule has 6 rings (SSSR count). The molecule has 0 aliphatic rings. The van der Waals surface area contributed by atoms with Crippen molar-refractivity contribution in [2.24, 2.45) is 5.41 Å². The fraction of sp³-hybridized carbons (Fsp3) is 0.235. The maximum atomic E-state index is 13.3. The molecule has 11 heteroatoms. The van der Waals surface area contributed by atoms with Gasteiger partial charge in [-0.25, -0.2) is 24.5 Å². The normalized spacial score (nSPS) is 13.5. The Morgan fingerprint density at radius 1 is 0.645 bits per heavy atom. The van der Waals surface area contributed by atoms with E-state index in [1.54, 1.807) is 39.8 Å². The second-order valence-electron chi connectivity index (χ2n) is 15.6. The lowest BCUT2D eigenvalue weighted by Gasteiger charge is -2.35. The van der Waals surface area contributed by atoms with E-state index in [0.29, 0.717) is 22.8 Å². The zero-order chi connectivity index (χ0) is 44.4. The summed E-state index contributed by atoms with van der Waals surface area (Å²) in [6, 6.07) is 40.7. The van der Waals surface area contributed by atoms with Crippen LogP contribution in [0.3, 0.4) is 0 Å². The third-order valence-electron chi connectivity index (χ3n) is 10.3. The minimum Gasteiger partial charge on any atom is -0.507 e. The van der Waals surface area contributed by atoms with Gasteiger partial charge in [-0.05, 0) is 67.7 Å². The predicted octanol–water partition coefficient (Wildman–Crippen LogP) is 10.3. The van der Waals surface area contributed by atoms with E-state index in [1.165, 1.54) is 20.1 Å². The Morgan fingerprint density at radius 2 is 1.11 bits per heavy atom. The molecule has 0 radical (unpaired) electrons. The summed E-state index contributed by atoms with van der Waals surface area (Å²) in [6.45, 7) is 15.5. The van der Waals surface area contributed by atoms with Crippen molar-refractivity contribution in [2.45, 2.75) is 46.5 Å². The highest BCUT2D eigenvalue weighted by molar-refractivity contribution is 5.87. The highest BCUT2D eigenvalue weighted by atomic mass is 16.7. The number of carbonyl (C=O) groups excluding carboxylic acids is 2. The quantitative estimate of drug-likeness (QED) is 0.0383. The van der Waals surface area contributed by atoms with Crippen molar-refractivity contribution < 1.29 is 38.4 Å². The number of phenolic OH excluding ortho intramolecular Hbond substituents is 1. The number of nitrogens with zero attached hydrogens (tertiary/aromatic N) is 3. The summed E-state index contributed by atoms with van der Waals surface area (Å²) >= 11 is 0. The highest BCUT2D eigenvalue weighted by Crippen LogP contribution is 2.34. The van der Waals surface area contributed by atoms with Crippen molar-refractivity contribution in [3.8, 4) is 67.9 Å². The molecule has 0 fully saturated rings.